The van der Waals surface area contributed by atoms with E-state index in [1.807, 2.05) is 43.4 Å². The Balaban J connectivity index is 2.38. The molecule has 0 saturated heterocycles. The molecule has 0 bridgehead atoms. The van der Waals surface area contributed by atoms with Gasteiger partial charge in [-0.05, 0) is 18.9 Å². The van der Waals surface area contributed by atoms with E-state index < -0.39 is 0 Å². The van der Waals surface area contributed by atoms with Crippen molar-refractivity contribution in [3.8, 4) is 0 Å². The smallest absolute Gasteiger partial charge is 0.0949 e. The van der Waals surface area contributed by atoms with Crippen molar-refractivity contribution in [2.75, 3.05) is 0 Å². The molecule has 2 atom stereocenters. The molecule has 0 radical (unpaired) electrons. The Morgan fingerprint density at radius 3 is 2.53 bits per heavy atom. The molecule has 2 heterocycles. The molecule has 2 rings (SSSR count). The fourth-order valence-corrected chi connectivity index (χ4v) is 2.00. The van der Waals surface area contributed by atoms with Gasteiger partial charge >= 0.3 is 0 Å². The first-order chi connectivity index (χ1) is 8.11. The van der Waals surface area contributed by atoms with Crippen molar-refractivity contribution >= 4 is 0 Å². The summed E-state index contributed by atoms with van der Waals surface area (Å²) in [5, 5.41) is 8.58. The van der Waals surface area contributed by atoms with Crippen LogP contribution in [0.2, 0.25) is 0 Å². The molecule has 0 aliphatic rings. The zero-order valence-electron chi connectivity index (χ0n) is 10.5. The highest BCUT2D eigenvalue weighted by atomic mass is 15.3. The molecule has 92 valence electrons. The van der Waals surface area contributed by atoms with Crippen molar-refractivity contribution in [1.82, 2.24) is 19.6 Å². The van der Waals surface area contributed by atoms with E-state index in [9.17, 15) is 0 Å². The quantitative estimate of drug-likeness (QED) is 0.864. The van der Waals surface area contributed by atoms with Gasteiger partial charge in [-0.2, -0.15) is 10.2 Å². The standard InChI is InChI=1S/C12H19N5/c1-4-11(13)12(10-6-14-16(3)8-10)17-7-9(2)5-15-17/h5-8,11-12H,4,13H2,1-3H3. The Kier molecular flexibility index (Phi) is 3.28. The maximum atomic E-state index is 6.20. The second-order valence-corrected chi connectivity index (χ2v) is 4.46. The summed E-state index contributed by atoms with van der Waals surface area (Å²) in [5.41, 5.74) is 8.44. The van der Waals surface area contributed by atoms with E-state index in [2.05, 4.69) is 17.1 Å². The summed E-state index contributed by atoms with van der Waals surface area (Å²) in [7, 11) is 1.91. The van der Waals surface area contributed by atoms with Gasteiger partial charge in [-0.15, -0.1) is 0 Å². The first-order valence-electron chi connectivity index (χ1n) is 5.86. The maximum absolute atomic E-state index is 6.20. The van der Waals surface area contributed by atoms with Crippen LogP contribution in [-0.4, -0.2) is 25.6 Å². The average molecular weight is 233 g/mol. The Bertz CT molecular complexity index is 444. The van der Waals surface area contributed by atoms with Crippen LogP contribution in [0.25, 0.3) is 0 Å². The summed E-state index contributed by atoms with van der Waals surface area (Å²) in [4.78, 5) is 0. The van der Waals surface area contributed by atoms with Crippen molar-refractivity contribution in [2.24, 2.45) is 12.8 Å². The van der Waals surface area contributed by atoms with Crippen molar-refractivity contribution in [3.05, 3.63) is 35.9 Å². The second-order valence-electron chi connectivity index (χ2n) is 4.46. The van der Waals surface area contributed by atoms with Crippen LogP contribution in [0.3, 0.4) is 0 Å². The summed E-state index contributed by atoms with van der Waals surface area (Å²) < 4.78 is 3.72. The lowest BCUT2D eigenvalue weighted by Gasteiger charge is -2.22. The third-order valence-corrected chi connectivity index (χ3v) is 2.96. The predicted octanol–water partition coefficient (Wildman–Crippen LogP) is 1.25. The van der Waals surface area contributed by atoms with E-state index in [-0.39, 0.29) is 12.1 Å². The van der Waals surface area contributed by atoms with Gasteiger partial charge in [0.25, 0.3) is 0 Å². The van der Waals surface area contributed by atoms with Crippen molar-refractivity contribution in [2.45, 2.75) is 32.4 Å². The minimum Gasteiger partial charge on any atom is -0.326 e. The van der Waals surface area contributed by atoms with E-state index >= 15 is 0 Å². The first-order valence-corrected chi connectivity index (χ1v) is 5.86. The number of aryl methyl sites for hydroxylation is 2. The van der Waals surface area contributed by atoms with Crippen LogP contribution in [0.4, 0.5) is 0 Å². The largest absolute Gasteiger partial charge is 0.326 e. The lowest BCUT2D eigenvalue weighted by molar-refractivity contribution is 0.423. The van der Waals surface area contributed by atoms with Crippen LogP contribution in [0.15, 0.2) is 24.8 Å². The summed E-state index contributed by atoms with van der Waals surface area (Å²) in [6.07, 6.45) is 8.63. The summed E-state index contributed by atoms with van der Waals surface area (Å²) in [6, 6.07) is 0.0981. The number of nitrogens with two attached hydrogens (primary N) is 1. The molecule has 0 fully saturated rings. The molecule has 0 aliphatic heterocycles. The molecule has 5 nitrogen and oxygen atoms in total. The highest BCUT2D eigenvalue weighted by Gasteiger charge is 2.22. The number of hydrogen-bond acceptors (Lipinski definition) is 3. The minimum absolute atomic E-state index is 0.0403. The molecule has 2 aromatic rings. The summed E-state index contributed by atoms with van der Waals surface area (Å²) in [5.74, 6) is 0. The molecule has 0 saturated carbocycles. The van der Waals surface area contributed by atoms with E-state index in [1.54, 1.807) is 4.68 Å². The second kappa shape index (κ2) is 4.71. The lowest BCUT2D eigenvalue weighted by atomic mass is 10.0. The molecule has 2 aromatic heterocycles. The number of rotatable bonds is 4. The SMILES string of the molecule is CCC(N)C(c1cnn(C)c1)n1cc(C)cn1. The van der Waals surface area contributed by atoms with Gasteiger partial charge in [0.15, 0.2) is 0 Å². The fourth-order valence-electron chi connectivity index (χ4n) is 2.00. The van der Waals surface area contributed by atoms with Gasteiger partial charge in [0, 0.05) is 31.0 Å². The Morgan fingerprint density at radius 2 is 2.06 bits per heavy atom. The molecule has 0 aromatic carbocycles. The van der Waals surface area contributed by atoms with Crippen molar-refractivity contribution in [3.63, 3.8) is 0 Å². The summed E-state index contributed by atoms with van der Waals surface area (Å²) >= 11 is 0. The van der Waals surface area contributed by atoms with Gasteiger partial charge in [-0.1, -0.05) is 6.92 Å². The Morgan fingerprint density at radius 1 is 1.29 bits per heavy atom. The molecular formula is C12H19N5. The monoisotopic (exact) mass is 233 g/mol. The zero-order chi connectivity index (χ0) is 12.4. The maximum Gasteiger partial charge on any atom is 0.0949 e. The molecule has 2 unspecified atom stereocenters. The van der Waals surface area contributed by atoms with E-state index in [0.29, 0.717) is 0 Å². The zero-order valence-corrected chi connectivity index (χ0v) is 10.5. The molecule has 17 heavy (non-hydrogen) atoms. The number of aromatic nitrogens is 4. The van der Waals surface area contributed by atoms with Gasteiger partial charge in [0.1, 0.15) is 0 Å². The van der Waals surface area contributed by atoms with Gasteiger partial charge < -0.3 is 5.73 Å². The predicted molar refractivity (Wildman–Crippen MR) is 66.6 cm³/mol. The van der Waals surface area contributed by atoms with Crippen LogP contribution in [0.5, 0.6) is 0 Å². The average Bonchev–Trinajstić information content (AvgIpc) is 2.89. The topological polar surface area (TPSA) is 61.7 Å². The Hall–Kier alpha value is -1.62. The van der Waals surface area contributed by atoms with Gasteiger partial charge in [-0.3, -0.25) is 9.36 Å². The van der Waals surface area contributed by atoms with Gasteiger partial charge in [-0.25, -0.2) is 0 Å². The van der Waals surface area contributed by atoms with Crippen LogP contribution < -0.4 is 5.73 Å². The fraction of sp³-hybridized carbons (Fsp3) is 0.500. The highest BCUT2D eigenvalue weighted by molar-refractivity contribution is 5.15. The molecule has 5 heteroatoms. The molecule has 0 amide bonds. The van der Waals surface area contributed by atoms with Gasteiger partial charge in [0.05, 0.1) is 18.4 Å². The third-order valence-electron chi connectivity index (χ3n) is 2.96. The Labute approximate surface area is 101 Å². The molecule has 0 spiro atoms. The number of nitrogens with zero attached hydrogens (tertiary/aromatic N) is 4. The van der Waals surface area contributed by atoms with Crippen molar-refractivity contribution < 1.29 is 0 Å². The van der Waals surface area contributed by atoms with Crippen LogP contribution in [0, 0.1) is 6.92 Å². The third kappa shape index (κ3) is 2.39. The molecule has 0 aliphatic carbocycles. The molecular weight excluding hydrogens is 214 g/mol. The van der Waals surface area contributed by atoms with E-state index in [4.69, 9.17) is 5.73 Å². The van der Waals surface area contributed by atoms with E-state index in [0.717, 1.165) is 17.5 Å². The number of hydrogen-bond donors (Lipinski definition) is 1. The van der Waals surface area contributed by atoms with Crippen molar-refractivity contribution in [1.29, 1.82) is 0 Å². The van der Waals surface area contributed by atoms with Crippen LogP contribution in [0.1, 0.15) is 30.5 Å². The van der Waals surface area contributed by atoms with Crippen LogP contribution in [-0.2, 0) is 7.05 Å². The normalized spacial score (nSPS) is 14.8. The first kappa shape index (κ1) is 11.9. The lowest BCUT2D eigenvalue weighted by Crippen LogP contribution is -2.32. The van der Waals surface area contributed by atoms with Gasteiger partial charge in [0.2, 0.25) is 0 Å². The minimum atomic E-state index is 0.0403. The highest BCUT2D eigenvalue weighted by Crippen LogP contribution is 2.21. The van der Waals surface area contributed by atoms with E-state index in [1.165, 1.54) is 0 Å². The van der Waals surface area contributed by atoms with Crippen LogP contribution >= 0.6 is 0 Å². The summed E-state index contributed by atoms with van der Waals surface area (Å²) in [6.45, 7) is 4.12. The molecule has 2 N–H and O–H groups in total.